The lowest BCUT2D eigenvalue weighted by Gasteiger charge is -2.15. The van der Waals surface area contributed by atoms with E-state index in [1.54, 1.807) is 7.11 Å². The smallest absolute Gasteiger partial charge is 0.122 e. The summed E-state index contributed by atoms with van der Waals surface area (Å²) >= 11 is 1.93. The summed E-state index contributed by atoms with van der Waals surface area (Å²) in [7, 11) is 1.69. The highest BCUT2D eigenvalue weighted by Gasteiger charge is 2.11. The van der Waals surface area contributed by atoms with E-state index in [0.717, 1.165) is 30.1 Å². The Kier molecular flexibility index (Phi) is 7.13. The van der Waals surface area contributed by atoms with Crippen LogP contribution in [0.1, 0.15) is 18.9 Å². The van der Waals surface area contributed by atoms with Crippen molar-refractivity contribution in [2.24, 2.45) is 5.92 Å². The topological polar surface area (TPSA) is 29.5 Å². The van der Waals surface area contributed by atoms with E-state index >= 15 is 0 Å². The van der Waals surface area contributed by atoms with Crippen molar-refractivity contribution in [3.8, 4) is 5.75 Å². The molecule has 0 aliphatic rings. The molecule has 17 heavy (non-hydrogen) atoms. The van der Waals surface area contributed by atoms with Crippen LogP contribution < -0.4 is 4.74 Å². The molecule has 1 unspecified atom stereocenters. The fourth-order valence-corrected chi connectivity index (χ4v) is 2.62. The number of methoxy groups -OCH3 is 1. The van der Waals surface area contributed by atoms with Crippen LogP contribution in [-0.4, -0.2) is 30.3 Å². The van der Waals surface area contributed by atoms with Crippen LogP contribution in [-0.2, 0) is 6.42 Å². The third kappa shape index (κ3) is 5.00. The molecule has 0 radical (unpaired) electrons. The maximum atomic E-state index is 9.40. The third-order valence-corrected chi connectivity index (χ3v) is 3.77. The molecule has 0 aliphatic carbocycles. The first-order chi connectivity index (χ1) is 8.31. The fourth-order valence-electron chi connectivity index (χ4n) is 1.83. The predicted octanol–water partition coefficient (Wildman–Crippen LogP) is 2.99. The van der Waals surface area contributed by atoms with Gasteiger partial charge in [-0.05, 0) is 41.9 Å². The number of aliphatic hydroxyl groups is 1. The number of para-hydroxylation sites is 1. The Bertz CT molecular complexity index is 315. The predicted molar refractivity (Wildman–Crippen MR) is 74.9 cm³/mol. The molecule has 1 atom stereocenters. The number of ether oxygens (including phenoxy) is 1. The zero-order valence-electron chi connectivity index (χ0n) is 10.7. The van der Waals surface area contributed by atoms with E-state index in [4.69, 9.17) is 4.74 Å². The van der Waals surface area contributed by atoms with Gasteiger partial charge < -0.3 is 9.84 Å². The molecule has 0 saturated heterocycles. The van der Waals surface area contributed by atoms with Gasteiger partial charge in [0.2, 0.25) is 0 Å². The van der Waals surface area contributed by atoms with E-state index in [9.17, 15) is 5.11 Å². The maximum Gasteiger partial charge on any atom is 0.122 e. The van der Waals surface area contributed by atoms with E-state index in [1.807, 2.05) is 30.0 Å². The molecule has 1 N–H and O–H groups in total. The normalized spacial score (nSPS) is 12.4. The van der Waals surface area contributed by atoms with E-state index in [0.29, 0.717) is 5.92 Å². The van der Waals surface area contributed by atoms with Crippen molar-refractivity contribution in [3.05, 3.63) is 29.8 Å². The summed E-state index contributed by atoms with van der Waals surface area (Å²) < 4.78 is 5.33. The molecule has 2 nitrogen and oxygen atoms in total. The maximum absolute atomic E-state index is 9.40. The summed E-state index contributed by atoms with van der Waals surface area (Å²) in [6.45, 7) is 2.42. The van der Waals surface area contributed by atoms with E-state index in [1.165, 1.54) is 5.56 Å². The molecule has 0 heterocycles. The van der Waals surface area contributed by atoms with Gasteiger partial charge in [0.05, 0.1) is 7.11 Å². The monoisotopic (exact) mass is 254 g/mol. The third-order valence-electron chi connectivity index (χ3n) is 2.83. The van der Waals surface area contributed by atoms with Crippen molar-refractivity contribution in [1.29, 1.82) is 0 Å². The Morgan fingerprint density at radius 1 is 1.35 bits per heavy atom. The zero-order valence-corrected chi connectivity index (χ0v) is 11.5. The van der Waals surface area contributed by atoms with E-state index in [2.05, 4.69) is 13.0 Å². The Labute approximate surface area is 108 Å². The van der Waals surface area contributed by atoms with Crippen molar-refractivity contribution >= 4 is 11.8 Å². The van der Waals surface area contributed by atoms with Gasteiger partial charge in [0.15, 0.2) is 0 Å². The lowest BCUT2D eigenvalue weighted by molar-refractivity contribution is 0.222. The second-order valence-corrected chi connectivity index (χ2v) is 5.44. The number of thioether (sulfide) groups is 1. The lowest BCUT2D eigenvalue weighted by Crippen LogP contribution is -2.11. The molecule has 0 aromatic heterocycles. The summed E-state index contributed by atoms with van der Waals surface area (Å²) in [5.41, 5.74) is 1.19. The molecule has 96 valence electrons. The summed E-state index contributed by atoms with van der Waals surface area (Å²) in [5.74, 6) is 3.53. The average molecular weight is 254 g/mol. The van der Waals surface area contributed by atoms with Crippen LogP contribution in [0.25, 0.3) is 0 Å². The van der Waals surface area contributed by atoms with Crippen LogP contribution in [0.3, 0.4) is 0 Å². The number of hydrogen-bond acceptors (Lipinski definition) is 3. The van der Waals surface area contributed by atoms with Gasteiger partial charge in [0, 0.05) is 6.61 Å². The first-order valence-corrected chi connectivity index (χ1v) is 7.27. The number of hydrogen-bond donors (Lipinski definition) is 1. The summed E-state index contributed by atoms with van der Waals surface area (Å²) in [4.78, 5) is 0. The minimum Gasteiger partial charge on any atom is -0.496 e. The minimum atomic E-state index is 0.252. The molecular weight excluding hydrogens is 232 g/mol. The van der Waals surface area contributed by atoms with Crippen LogP contribution in [0, 0.1) is 5.92 Å². The van der Waals surface area contributed by atoms with Crippen LogP contribution in [0.2, 0.25) is 0 Å². The Morgan fingerprint density at radius 3 is 2.76 bits per heavy atom. The highest BCUT2D eigenvalue weighted by molar-refractivity contribution is 7.99. The van der Waals surface area contributed by atoms with Gasteiger partial charge in [0.1, 0.15) is 5.75 Å². The second-order valence-electron chi connectivity index (χ2n) is 4.05. The van der Waals surface area contributed by atoms with Gasteiger partial charge in [-0.15, -0.1) is 0 Å². The number of benzene rings is 1. The van der Waals surface area contributed by atoms with Gasteiger partial charge >= 0.3 is 0 Å². The van der Waals surface area contributed by atoms with Gasteiger partial charge in [-0.2, -0.15) is 11.8 Å². The quantitative estimate of drug-likeness (QED) is 0.723. The van der Waals surface area contributed by atoms with Gasteiger partial charge in [-0.3, -0.25) is 0 Å². The number of rotatable bonds is 8. The molecule has 1 aromatic carbocycles. The molecule has 0 bridgehead atoms. The molecular formula is C14H22O2S. The molecule has 0 fully saturated rings. The fraction of sp³-hybridized carbons (Fsp3) is 0.571. The molecule has 0 spiro atoms. The van der Waals surface area contributed by atoms with Crippen molar-refractivity contribution < 1.29 is 9.84 Å². The molecule has 0 aliphatic heterocycles. The summed E-state index contributed by atoms with van der Waals surface area (Å²) in [6, 6.07) is 8.05. The van der Waals surface area contributed by atoms with Crippen molar-refractivity contribution in [2.75, 3.05) is 25.2 Å². The Morgan fingerprint density at radius 2 is 2.12 bits per heavy atom. The van der Waals surface area contributed by atoms with Crippen LogP contribution in [0.15, 0.2) is 24.3 Å². The Hall–Kier alpha value is -0.670. The van der Waals surface area contributed by atoms with Gasteiger partial charge in [0.25, 0.3) is 0 Å². The van der Waals surface area contributed by atoms with Gasteiger partial charge in [-0.25, -0.2) is 0 Å². The second kappa shape index (κ2) is 8.43. The van der Waals surface area contributed by atoms with E-state index < -0.39 is 0 Å². The summed E-state index contributed by atoms with van der Waals surface area (Å²) in [6.07, 6.45) is 1.96. The lowest BCUT2D eigenvalue weighted by atomic mass is 9.97. The molecule has 3 heteroatoms. The van der Waals surface area contributed by atoms with Gasteiger partial charge in [-0.1, -0.05) is 25.1 Å². The van der Waals surface area contributed by atoms with Crippen LogP contribution >= 0.6 is 11.8 Å². The average Bonchev–Trinajstić information content (AvgIpc) is 2.38. The van der Waals surface area contributed by atoms with Crippen molar-refractivity contribution in [1.82, 2.24) is 0 Å². The minimum absolute atomic E-state index is 0.252. The van der Waals surface area contributed by atoms with Crippen LogP contribution in [0.4, 0.5) is 0 Å². The molecule has 1 rings (SSSR count). The highest BCUT2D eigenvalue weighted by Crippen LogP contribution is 2.23. The molecule has 0 amide bonds. The van der Waals surface area contributed by atoms with Crippen molar-refractivity contribution in [3.63, 3.8) is 0 Å². The van der Waals surface area contributed by atoms with E-state index in [-0.39, 0.29) is 6.61 Å². The first-order valence-electron chi connectivity index (χ1n) is 6.12. The largest absolute Gasteiger partial charge is 0.496 e. The first kappa shape index (κ1) is 14.4. The SMILES string of the molecule is CCSCCC(CO)Cc1ccccc1OC. The zero-order chi connectivity index (χ0) is 12.5. The standard InChI is InChI=1S/C14H22O2S/c1-3-17-9-8-12(11-15)10-13-6-4-5-7-14(13)16-2/h4-7,12,15H,3,8-11H2,1-2H3. The molecule has 1 aromatic rings. The van der Waals surface area contributed by atoms with Crippen molar-refractivity contribution in [2.45, 2.75) is 19.8 Å². The summed E-state index contributed by atoms with van der Waals surface area (Å²) in [5, 5.41) is 9.40. The van der Waals surface area contributed by atoms with Crippen LogP contribution in [0.5, 0.6) is 5.75 Å². The molecule has 0 saturated carbocycles. The number of aliphatic hydroxyl groups excluding tert-OH is 1. The highest BCUT2D eigenvalue weighted by atomic mass is 32.2. The Balaban J connectivity index is 2.54.